The Labute approximate surface area is 130 Å². The third-order valence-electron chi connectivity index (χ3n) is 5.02. The van der Waals surface area contributed by atoms with E-state index >= 15 is 0 Å². The molecule has 2 heteroatoms. The fourth-order valence-electron chi connectivity index (χ4n) is 3.35. The largest absolute Gasteiger partial charge is 0.312 e. The first-order chi connectivity index (χ1) is 10.0. The van der Waals surface area contributed by atoms with Gasteiger partial charge < -0.3 is 5.32 Å². The number of nitrogens with zero attached hydrogens (tertiary/aromatic N) is 1. The maximum atomic E-state index is 3.51. The molecule has 0 saturated carbocycles. The Bertz CT molecular complexity index is 424. The Morgan fingerprint density at radius 2 is 1.71 bits per heavy atom. The predicted molar refractivity (Wildman–Crippen MR) is 91.8 cm³/mol. The van der Waals surface area contributed by atoms with Crippen LogP contribution in [0, 0.1) is 5.92 Å². The second-order valence-electron chi connectivity index (χ2n) is 7.15. The van der Waals surface area contributed by atoms with Crippen molar-refractivity contribution in [3.8, 4) is 0 Å². The minimum Gasteiger partial charge on any atom is -0.312 e. The maximum Gasteiger partial charge on any atom is 0.0446 e. The lowest BCUT2D eigenvalue weighted by molar-refractivity contribution is 0.113. The number of hydrogen-bond acceptors (Lipinski definition) is 2. The van der Waals surface area contributed by atoms with Gasteiger partial charge in [0.1, 0.15) is 0 Å². The van der Waals surface area contributed by atoms with Crippen LogP contribution in [0.3, 0.4) is 0 Å². The molecule has 118 valence electrons. The van der Waals surface area contributed by atoms with Gasteiger partial charge >= 0.3 is 0 Å². The van der Waals surface area contributed by atoms with Crippen molar-refractivity contribution in [3.05, 3.63) is 35.4 Å². The van der Waals surface area contributed by atoms with Crippen molar-refractivity contribution < 1.29 is 0 Å². The highest BCUT2D eigenvalue weighted by Crippen LogP contribution is 2.25. The SMILES string of the molecule is CNC(CN1CC(C)CCC1C)c1ccc(C(C)C)cc1. The van der Waals surface area contributed by atoms with Gasteiger partial charge in [-0.05, 0) is 49.8 Å². The lowest BCUT2D eigenvalue weighted by Gasteiger charge is -2.39. The second kappa shape index (κ2) is 7.42. The monoisotopic (exact) mass is 288 g/mol. The summed E-state index contributed by atoms with van der Waals surface area (Å²) < 4.78 is 0. The topological polar surface area (TPSA) is 15.3 Å². The lowest BCUT2D eigenvalue weighted by atomic mass is 9.93. The first-order valence-corrected chi connectivity index (χ1v) is 8.52. The number of likely N-dealkylation sites (N-methyl/N-ethyl adjacent to an activating group) is 1. The van der Waals surface area contributed by atoms with Gasteiger partial charge in [-0.15, -0.1) is 0 Å². The molecule has 1 aromatic carbocycles. The van der Waals surface area contributed by atoms with Crippen LogP contribution in [0.4, 0.5) is 0 Å². The summed E-state index contributed by atoms with van der Waals surface area (Å²) in [5.41, 5.74) is 2.83. The number of rotatable bonds is 5. The second-order valence-corrected chi connectivity index (χ2v) is 7.15. The van der Waals surface area contributed by atoms with Crippen LogP contribution in [0.15, 0.2) is 24.3 Å². The van der Waals surface area contributed by atoms with E-state index in [1.165, 1.54) is 30.5 Å². The van der Waals surface area contributed by atoms with Crippen LogP contribution < -0.4 is 5.32 Å². The van der Waals surface area contributed by atoms with Gasteiger partial charge in [0.2, 0.25) is 0 Å². The van der Waals surface area contributed by atoms with Gasteiger partial charge in [-0.1, -0.05) is 45.0 Å². The van der Waals surface area contributed by atoms with E-state index in [0.29, 0.717) is 18.0 Å². The van der Waals surface area contributed by atoms with Crippen molar-refractivity contribution in [2.24, 2.45) is 5.92 Å². The Morgan fingerprint density at radius 1 is 1.10 bits per heavy atom. The molecule has 3 atom stereocenters. The third kappa shape index (κ3) is 4.31. The van der Waals surface area contributed by atoms with Gasteiger partial charge in [0.15, 0.2) is 0 Å². The summed E-state index contributed by atoms with van der Waals surface area (Å²) >= 11 is 0. The standard InChI is InChI=1S/C19H32N2/c1-14(2)17-8-10-18(11-9-17)19(20-5)13-21-12-15(3)6-7-16(21)4/h8-11,14-16,19-20H,6-7,12-13H2,1-5H3. The molecule has 0 aromatic heterocycles. The minimum atomic E-state index is 0.430. The molecule has 0 radical (unpaired) electrons. The van der Waals surface area contributed by atoms with Crippen LogP contribution in [0.5, 0.6) is 0 Å². The summed E-state index contributed by atoms with van der Waals surface area (Å²) in [6.45, 7) is 11.6. The Hall–Kier alpha value is -0.860. The molecule has 1 N–H and O–H groups in total. The molecule has 1 heterocycles. The highest BCUT2D eigenvalue weighted by molar-refractivity contribution is 5.27. The van der Waals surface area contributed by atoms with Gasteiger partial charge in [0.25, 0.3) is 0 Å². The fraction of sp³-hybridized carbons (Fsp3) is 0.684. The van der Waals surface area contributed by atoms with Crippen molar-refractivity contribution in [2.45, 2.75) is 58.5 Å². The van der Waals surface area contributed by atoms with Gasteiger partial charge in [-0.25, -0.2) is 0 Å². The first-order valence-electron chi connectivity index (χ1n) is 8.52. The zero-order chi connectivity index (χ0) is 15.4. The summed E-state index contributed by atoms with van der Waals surface area (Å²) in [6.07, 6.45) is 2.72. The molecule has 2 rings (SSSR count). The van der Waals surface area contributed by atoms with Gasteiger partial charge in [0, 0.05) is 25.2 Å². The predicted octanol–water partition coefficient (Wildman–Crippen LogP) is 4.19. The number of hydrogen-bond donors (Lipinski definition) is 1. The lowest BCUT2D eigenvalue weighted by Crippen LogP contribution is -2.44. The van der Waals surface area contributed by atoms with Crippen LogP contribution >= 0.6 is 0 Å². The highest BCUT2D eigenvalue weighted by atomic mass is 15.2. The van der Waals surface area contributed by atoms with Crippen molar-refractivity contribution in [2.75, 3.05) is 20.1 Å². The quantitative estimate of drug-likeness (QED) is 0.874. The van der Waals surface area contributed by atoms with Crippen LogP contribution in [-0.4, -0.2) is 31.1 Å². The average molecular weight is 288 g/mol. The Morgan fingerprint density at radius 3 is 2.29 bits per heavy atom. The van der Waals surface area contributed by atoms with E-state index in [4.69, 9.17) is 0 Å². The Balaban J connectivity index is 2.05. The van der Waals surface area contributed by atoms with Gasteiger partial charge in [-0.2, -0.15) is 0 Å². The van der Waals surface area contributed by atoms with Crippen molar-refractivity contribution in [1.29, 1.82) is 0 Å². The summed E-state index contributed by atoms with van der Waals surface area (Å²) in [4.78, 5) is 2.66. The molecule has 0 aliphatic carbocycles. The molecular formula is C19H32N2. The molecule has 1 fully saturated rings. The number of benzene rings is 1. The first kappa shape index (κ1) is 16.5. The van der Waals surface area contributed by atoms with E-state index in [9.17, 15) is 0 Å². The van der Waals surface area contributed by atoms with Gasteiger partial charge in [0.05, 0.1) is 0 Å². The number of piperidine rings is 1. The molecule has 3 unspecified atom stereocenters. The van der Waals surface area contributed by atoms with Crippen molar-refractivity contribution in [3.63, 3.8) is 0 Å². The normalized spacial score (nSPS) is 25.2. The smallest absolute Gasteiger partial charge is 0.0446 e. The molecule has 1 saturated heterocycles. The zero-order valence-electron chi connectivity index (χ0n) is 14.4. The molecule has 1 aliphatic rings. The van der Waals surface area contributed by atoms with E-state index in [1.54, 1.807) is 0 Å². The van der Waals surface area contributed by atoms with E-state index in [0.717, 1.165) is 12.5 Å². The number of nitrogens with one attached hydrogen (secondary N) is 1. The molecule has 21 heavy (non-hydrogen) atoms. The van der Waals surface area contributed by atoms with Crippen LogP contribution in [0.25, 0.3) is 0 Å². The summed E-state index contributed by atoms with van der Waals surface area (Å²) in [7, 11) is 2.08. The van der Waals surface area contributed by atoms with E-state index in [1.807, 2.05) is 0 Å². The average Bonchev–Trinajstić information content (AvgIpc) is 2.48. The van der Waals surface area contributed by atoms with E-state index in [2.05, 4.69) is 69.2 Å². The van der Waals surface area contributed by atoms with E-state index < -0.39 is 0 Å². The highest BCUT2D eigenvalue weighted by Gasteiger charge is 2.25. The molecular weight excluding hydrogens is 256 g/mol. The summed E-state index contributed by atoms with van der Waals surface area (Å²) in [5.74, 6) is 1.44. The molecule has 1 aromatic rings. The Kier molecular flexibility index (Phi) is 5.83. The van der Waals surface area contributed by atoms with Gasteiger partial charge in [-0.3, -0.25) is 4.90 Å². The van der Waals surface area contributed by atoms with Crippen LogP contribution in [0.1, 0.15) is 63.6 Å². The molecule has 1 aliphatic heterocycles. The maximum absolute atomic E-state index is 3.51. The zero-order valence-corrected chi connectivity index (χ0v) is 14.4. The van der Waals surface area contributed by atoms with Crippen molar-refractivity contribution >= 4 is 0 Å². The third-order valence-corrected chi connectivity index (χ3v) is 5.02. The fourth-order valence-corrected chi connectivity index (χ4v) is 3.35. The summed E-state index contributed by atoms with van der Waals surface area (Å²) in [5, 5.41) is 3.51. The van der Waals surface area contributed by atoms with Crippen molar-refractivity contribution in [1.82, 2.24) is 10.2 Å². The number of likely N-dealkylation sites (tertiary alicyclic amines) is 1. The minimum absolute atomic E-state index is 0.430. The molecule has 2 nitrogen and oxygen atoms in total. The molecule has 0 spiro atoms. The summed E-state index contributed by atoms with van der Waals surface area (Å²) in [6, 6.07) is 10.3. The van der Waals surface area contributed by atoms with Crippen LogP contribution in [0.2, 0.25) is 0 Å². The van der Waals surface area contributed by atoms with Crippen LogP contribution in [-0.2, 0) is 0 Å². The van der Waals surface area contributed by atoms with E-state index in [-0.39, 0.29) is 0 Å². The molecule has 0 bridgehead atoms. The molecule has 0 amide bonds.